The summed E-state index contributed by atoms with van der Waals surface area (Å²) < 4.78 is 5.74. The van der Waals surface area contributed by atoms with E-state index in [9.17, 15) is 0 Å². The van der Waals surface area contributed by atoms with Crippen LogP contribution in [0, 0.1) is 5.92 Å². The predicted molar refractivity (Wildman–Crippen MR) is 80.7 cm³/mol. The maximum absolute atomic E-state index is 5.74. The van der Waals surface area contributed by atoms with E-state index < -0.39 is 0 Å². The topological polar surface area (TPSA) is 47.0 Å². The summed E-state index contributed by atoms with van der Waals surface area (Å²) in [5.74, 6) is 1.57. The summed E-state index contributed by atoms with van der Waals surface area (Å²) in [7, 11) is 3.78. The highest BCUT2D eigenvalue weighted by atomic mass is 16.5. The highest BCUT2D eigenvalue weighted by Gasteiger charge is 2.32. The van der Waals surface area contributed by atoms with Gasteiger partial charge in [0.25, 0.3) is 0 Å². The molecule has 20 heavy (non-hydrogen) atoms. The lowest BCUT2D eigenvalue weighted by molar-refractivity contribution is -0.0294. The quantitative estimate of drug-likeness (QED) is 0.867. The molecule has 0 radical (unpaired) electrons. The van der Waals surface area contributed by atoms with Crippen LogP contribution in [0.2, 0.25) is 0 Å². The Hall–Kier alpha value is -1.00. The molecule has 1 unspecified atom stereocenters. The maximum atomic E-state index is 5.74. The minimum Gasteiger partial charge on any atom is -0.370 e. The SMILES string of the molecule is CCC(CC)(OC)c1ncc2c(n1)CCC(CNC)C2. The number of hydrogen-bond donors (Lipinski definition) is 1. The van der Waals surface area contributed by atoms with Gasteiger partial charge in [-0.05, 0) is 57.2 Å². The Kier molecular flexibility index (Phi) is 5.11. The summed E-state index contributed by atoms with van der Waals surface area (Å²) in [6.45, 7) is 5.35. The Morgan fingerprint density at radius 1 is 1.40 bits per heavy atom. The number of fused-ring (bicyclic) bond motifs is 1. The lowest BCUT2D eigenvalue weighted by Gasteiger charge is -2.30. The molecule has 4 heteroatoms. The molecular formula is C16H27N3O. The highest BCUT2D eigenvalue weighted by molar-refractivity contribution is 5.23. The van der Waals surface area contributed by atoms with Crippen molar-refractivity contribution in [1.82, 2.24) is 15.3 Å². The van der Waals surface area contributed by atoms with Crippen molar-refractivity contribution in [2.45, 2.75) is 51.6 Å². The Bertz CT molecular complexity index is 435. The monoisotopic (exact) mass is 277 g/mol. The van der Waals surface area contributed by atoms with Crippen LogP contribution in [0.1, 0.15) is 50.2 Å². The van der Waals surface area contributed by atoms with Crippen LogP contribution in [0.5, 0.6) is 0 Å². The van der Waals surface area contributed by atoms with Crippen LogP contribution in [0.4, 0.5) is 0 Å². The van der Waals surface area contributed by atoms with Gasteiger partial charge in [0, 0.05) is 19.0 Å². The molecule has 0 saturated carbocycles. The van der Waals surface area contributed by atoms with Gasteiger partial charge < -0.3 is 10.1 Å². The second kappa shape index (κ2) is 6.64. The molecule has 0 aromatic carbocycles. The van der Waals surface area contributed by atoms with Crippen LogP contribution in [0.15, 0.2) is 6.20 Å². The van der Waals surface area contributed by atoms with E-state index in [-0.39, 0.29) is 5.60 Å². The molecule has 0 amide bonds. The van der Waals surface area contributed by atoms with Gasteiger partial charge in [0.2, 0.25) is 0 Å². The third-order valence-electron chi connectivity index (χ3n) is 4.69. The van der Waals surface area contributed by atoms with E-state index in [0.717, 1.165) is 38.1 Å². The van der Waals surface area contributed by atoms with Crippen molar-refractivity contribution in [3.8, 4) is 0 Å². The number of rotatable bonds is 6. The van der Waals surface area contributed by atoms with Gasteiger partial charge >= 0.3 is 0 Å². The molecule has 0 aliphatic heterocycles. The molecule has 1 atom stereocenters. The van der Waals surface area contributed by atoms with E-state index >= 15 is 0 Å². The highest BCUT2D eigenvalue weighted by Crippen LogP contribution is 2.31. The molecule has 1 heterocycles. The molecule has 4 nitrogen and oxygen atoms in total. The van der Waals surface area contributed by atoms with Crippen LogP contribution in [-0.2, 0) is 23.2 Å². The van der Waals surface area contributed by atoms with Gasteiger partial charge in [0.05, 0.1) is 0 Å². The van der Waals surface area contributed by atoms with Gasteiger partial charge in [-0.15, -0.1) is 0 Å². The number of aryl methyl sites for hydroxylation is 1. The van der Waals surface area contributed by atoms with Crippen molar-refractivity contribution in [2.24, 2.45) is 5.92 Å². The summed E-state index contributed by atoms with van der Waals surface area (Å²) in [4.78, 5) is 9.45. The van der Waals surface area contributed by atoms with Crippen molar-refractivity contribution in [3.63, 3.8) is 0 Å². The number of methoxy groups -OCH3 is 1. The molecule has 112 valence electrons. The van der Waals surface area contributed by atoms with Crippen molar-refractivity contribution >= 4 is 0 Å². The Labute approximate surface area is 122 Å². The normalized spacial score (nSPS) is 18.9. The zero-order valence-corrected chi connectivity index (χ0v) is 13.2. The lowest BCUT2D eigenvalue weighted by atomic mass is 9.86. The van der Waals surface area contributed by atoms with E-state index in [0.29, 0.717) is 5.92 Å². The summed E-state index contributed by atoms with van der Waals surface area (Å²) >= 11 is 0. The van der Waals surface area contributed by atoms with Crippen LogP contribution in [-0.4, -0.2) is 30.7 Å². The summed E-state index contributed by atoms with van der Waals surface area (Å²) in [6, 6.07) is 0. The first kappa shape index (κ1) is 15.4. The van der Waals surface area contributed by atoms with Crippen LogP contribution in [0.3, 0.4) is 0 Å². The molecule has 0 spiro atoms. The van der Waals surface area contributed by atoms with Gasteiger partial charge in [-0.2, -0.15) is 0 Å². The Balaban J connectivity index is 2.25. The summed E-state index contributed by atoms with van der Waals surface area (Å²) in [5.41, 5.74) is 2.22. The second-order valence-corrected chi connectivity index (χ2v) is 5.74. The maximum Gasteiger partial charge on any atom is 0.160 e. The predicted octanol–water partition coefficient (Wildman–Crippen LogP) is 2.46. The van der Waals surface area contributed by atoms with Gasteiger partial charge in [-0.3, -0.25) is 0 Å². The zero-order chi connectivity index (χ0) is 14.6. The molecule has 0 bridgehead atoms. The van der Waals surface area contributed by atoms with Crippen LogP contribution >= 0.6 is 0 Å². The number of aromatic nitrogens is 2. The minimum atomic E-state index is -0.323. The molecule has 0 saturated heterocycles. The molecule has 2 rings (SSSR count). The molecule has 0 fully saturated rings. The molecular weight excluding hydrogens is 250 g/mol. The van der Waals surface area contributed by atoms with Crippen molar-refractivity contribution in [3.05, 3.63) is 23.3 Å². The smallest absolute Gasteiger partial charge is 0.160 e. The van der Waals surface area contributed by atoms with E-state index in [4.69, 9.17) is 9.72 Å². The molecule has 1 aromatic rings. The number of ether oxygens (including phenoxy) is 1. The van der Waals surface area contributed by atoms with E-state index in [1.54, 1.807) is 7.11 Å². The van der Waals surface area contributed by atoms with Crippen LogP contribution < -0.4 is 5.32 Å². The number of nitrogens with one attached hydrogen (secondary N) is 1. The average Bonchev–Trinajstić information content (AvgIpc) is 2.50. The molecule has 1 aliphatic rings. The lowest BCUT2D eigenvalue weighted by Crippen LogP contribution is -2.31. The fourth-order valence-corrected chi connectivity index (χ4v) is 3.21. The first-order valence-electron chi connectivity index (χ1n) is 7.74. The number of hydrogen-bond acceptors (Lipinski definition) is 4. The van der Waals surface area contributed by atoms with Crippen molar-refractivity contribution < 1.29 is 4.74 Å². The first-order chi connectivity index (χ1) is 9.69. The number of nitrogens with zero attached hydrogens (tertiary/aromatic N) is 2. The third kappa shape index (κ3) is 2.86. The van der Waals surface area contributed by atoms with E-state index in [1.165, 1.54) is 17.7 Å². The van der Waals surface area contributed by atoms with Gasteiger partial charge in [0.15, 0.2) is 5.82 Å². The Morgan fingerprint density at radius 3 is 2.75 bits per heavy atom. The van der Waals surface area contributed by atoms with Crippen molar-refractivity contribution in [1.29, 1.82) is 0 Å². The molecule has 1 aliphatic carbocycles. The Morgan fingerprint density at radius 2 is 2.15 bits per heavy atom. The molecule has 1 N–H and O–H groups in total. The first-order valence-corrected chi connectivity index (χ1v) is 7.74. The fourth-order valence-electron chi connectivity index (χ4n) is 3.21. The second-order valence-electron chi connectivity index (χ2n) is 5.74. The van der Waals surface area contributed by atoms with Crippen LogP contribution in [0.25, 0.3) is 0 Å². The standard InChI is InChI=1S/C16H27N3O/c1-5-16(6-2,20-4)15-18-11-13-9-12(10-17-3)7-8-14(13)19-15/h11-12,17H,5-10H2,1-4H3. The van der Waals surface area contributed by atoms with Gasteiger partial charge in [-0.25, -0.2) is 9.97 Å². The van der Waals surface area contributed by atoms with Gasteiger partial charge in [-0.1, -0.05) is 13.8 Å². The zero-order valence-electron chi connectivity index (χ0n) is 13.2. The minimum absolute atomic E-state index is 0.323. The average molecular weight is 277 g/mol. The largest absolute Gasteiger partial charge is 0.370 e. The summed E-state index contributed by atoms with van der Waals surface area (Å²) in [6.07, 6.45) is 7.20. The van der Waals surface area contributed by atoms with Gasteiger partial charge in [0.1, 0.15) is 5.60 Å². The van der Waals surface area contributed by atoms with E-state index in [2.05, 4.69) is 24.1 Å². The molecule has 1 aromatic heterocycles. The summed E-state index contributed by atoms with van der Waals surface area (Å²) in [5, 5.41) is 3.27. The third-order valence-corrected chi connectivity index (χ3v) is 4.69. The fraction of sp³-hybridized carbons (Fsp3) is 0.750. The van der Waals surface area contributed by atoms with Crippen molar-refractivity contribution in [2.75, 3.05) is 20.7 Å². The van der Waals surface area contributed by atoms with E-state index in [1.807, 2.05) is 13.2 Å².